The predicted molar refractivity (Wildman–Crippen MR) is 94.7 cm³/mol. The van der Waals surface area contributed by atoms with Gasteiger partial charge in [-0.15, -0.1) is 0 Å². The van der Waals surface area contributed by atoms with Gasteiger partial charge in [-0.3, -0.25) is 4.79 Å². The normalized spacial score (nSPS) is 10.9. The molecule has 6 heteroatoms. The van der Waals surface area contributed by atoms with E-state index in [2.05, 4.69) is 16.0 Å². The van der Waals surface area contributed by atoms with Crippen molar-refractivity contribution < 1.29 is 4.74 Å². The molecule has 0 atom stereocenters. The van der Waals surface area contributed by atoms with Crippen LogP contribution >= 0.6 is 0 Å². The number of nitrogens with one attached hydrogen (secondary N) is 1. The number of hydrogen-bond donors (Lipinski definition) is 1. The number of hydrogen-bond acceptors (Lipinski definition) is 4. The second kappa shape index (κ2) is 5.80. The average molecular weight is 330 g/mol. The van der Waals surface area contributed by atoms with E-state index >= 15 is 0 Å². The quantitative estimate of drug-likeness (QED) is 0.626. The molecule has 6 nitrogen and oxygen atoms in total. The molecule has 25 heavy (non-hydrogen) atoms. The van der Waals surface area contributed by atoms with Crippen LogP contribution in [0.3, 0.4) is 0 Å². The molecule has 4 aromatic rings. The Morgan fingerprint density at radius 2 is 2.04 bits per heavy atom. The van der Waals surface area contributed by atoms with Gasteiger partial charge in [0.15, 0.2) is 5.52 Å². The molecular weight excluding hydrogens is 316 g/mol. The lowest BCUT2D eigenvalue weighted by Gasteiger charge is -2.06. The number of rotatable bonds is 3. The average Bonchev–Trinajstić information content (AvgIpc) is 3.05. The second-order valence-corrected chi connectivity index (χ2v) is 5.74. The fourth-order valence-corrected chi connectivity index (χ4v) is 2.88. The number of benzene rings is 2. The fraction of sp³-hybridized carbons (Fsp3) is 0.105. The number of methoxy groups -OCH3 is 1. The minimum atomic E-state index is -0.124. The van der Waals surface area contributed by atoms with E-state index in [1.165, 1.54) is 0 Å². The Balaban J connectivity index is 1.83. The number of nitriles is 1. The molecule has 2 aromatic carbocycles. The number of nitrogens with zero attached hydrogens (tertiary/aromatic N) is 3. The summed E-state index contributed by atoms with van der Waals surface area (Å²) in [6.07, 6.45) is 1.65. The minimum absolute atomic E-state index is 0.124. The molecule has 0 aliphatic rings. The van der Waals surface area contributed by atoms with Gasteiger partial charge >= 0.3 is 0 Å². The largest absolute Gasteiger partial charge is 0.497 e. The van der Waals surface area contributed by atoms with E-state index in [1.54, 1.807) is 31.6 Å². The van der Waals surface area contributed by atoms with Gasteiger partial charge in [-0.2, -0.15) is 5.26 Å². The van der Waals surface area contributed by atoms with Crippen LogP contribution in [0.25, 0.3) is 22.1 Å². The molecule has 0 bridgehead atoms. The number of aromatic amines is 1. The topological polar surface area (TPSA) is 83.7 Å². The van der Waals surface area contributed by atoms with Crippen LogP contribution < -0.4 is 10.2 Å². The van der Waals surface area contributed by atoms with Gasteiger partial charge in [0.25, 0.3) is 0 Å². The van der Waals surface area contributed by atoms with Crippen LogP contribution in [0.4, 0.5) is 0 Å². The fourth-order valence-electron chi connectivity index (χ4n) is 2.88. The molecule has 122 valence electrons. The van der Waals surface area contributed by atoms with Gasteiger partial charge in [0.1, 0.15) is 11.4 Å². The van der Waals surface area contributed by atoms with E-state index < -0.39 is 0 Å². The number of imidazole rings is 1. The summed E-state index contributed by atoms with van der Waals surface area (Å²) >= 11 is 0. The number of H-pyrrole nitrogens is 1. The molecule has 1 N–H and O–H groups in total. The van der Waals surface area contributed by atoms with E-state index in [4.69, 9.17) is 10.00 Å². The standard InChI is InChI=1S/C19H14N4O2/c1-25-14-6-7-16-15(8-14)18(24)17-19(22-16)23(11-21-17)10-13-4-2-12(9-20)3-5-13/h2-8,11H,10H2,1H3,(H,22,24). The molecule has 0 amide bonds. The second-order valence-electron chi connectivity index (χ2n) is 5.74. The van der Waals surface area contributed by atoms with Crippen molar-refractivity contribution >= 4 is 22.1 Å². The van der Waals surface area contributed by atoms with Crippen LogP contribution in [0.15, 0.2) is 53.6 Å². The van der Waals surface area contributed by atoms with Crippen molar-refractivity contribution in [2.24, 2.45) is 0 Å². The molecule has 0 unspecified atom stereocenters. The highest BCUT2D eigenvalue weighted by molar-refractivity contribution is 5.90. The molecule has 0 radical (unpaired) electrons. The van der Waals surface area contributed by atoms with E-state index in [0.717, 1.165) is 11.1 Å². The Kier molecular flexibility index (Phi) is 3.47. The number of aromatic nitrogens is 3. The maximum atomic E-state index is 12.7. The first-order chi connectivity index (χ1) is 12.2. The molecule has 0 aliphatic carbocycles. The van der Waals surface area contributed by atoms with Gasteiger partial charge in [0.2, 0.25) is 5.43 Å². The van der Waals surface area contributed by atoms with E-state index in [-0.39, 0.29) is 5.43 Å². The third-order valence-corrected chi connectivity index (χ3v) is 4.21. The van der Waals surface area contributed by atoms with Crippen molar-refractivity contribution in [2.75, 3.05) is 7.11 Å². The Bertz CT molecular complexity index is 1180. The van der Waals surface area contributed by atoms with Crippen LogP contribution in [-0.4, -0.2) is 21.6 Å². The van der Waals surface area contributed by atoms with Crippen LogP contribution in [-0.2, 0) is 6.54 Å². The summed E-state index contributed by atoms with van der Waals surface area (Å²) in [7, 11) is 1.57. The highest BCUT2D eigenvalue weighted by atomic mass is 16.5. The SMILES string of the molecule is COc1ccc2[nH]c3c(ncn3Cc3ccc(C#N)cc3)c(=O)c2c1. The zero-order valence-electron chi connectivity index (χ0n) is 13.5. The molecule has 0 saturated carbocycles. The van der Waals surface area contributed by atoms with E-state index in [1.807, 2.05) is 28.8 Å². The monoisotopic (exact) mass is 330 g/mol. The summed E-state index contributed by atoms with van der Waals surface area (Å²) < 4.78 is 7.08. The van der Waals surface area contributed by atoms with Crippen LogP contribution in [0, 0.1) is 11.3 Å². The molecular formula is C19H14N4O2. The molecule has 0 saturated heterocycles. The van der Waals surface area contributed by atoms with Crippen molar-refractivity contribution in [1.29, 1.82) is 5.26 Å². The summed E-state index contributed by atoms with van der Waals surface area (Å²) in [6, 6.07) is 14.8. The van der Waals surface area contributed by atoms with Gasteiger partial charge in [0, 0.05) is 0 Å². The third kappa shape index (κ3) is 2.52. The molecule has 2 aromatic heterocycles. The summed E-state index contributed by atoms with van der Waals surface area (Å²) in [4.78, 5) is 20.3. The Hall–Kier alpha value is -3.59. The summed E-state index contributed by atoms with van der Waals surface area (Å²) in [5.74, 6) is 0.634. The third-order valence-electron chi connectivity index (χ3n) is 4.21. The molecule has 4 rings (SSSR count). The first-order valence-electron chi connectivity index (χ1n) is 7.73. The molecule has 0 spiro atoms. The summed E-state index contributed by atoms with van der Waals surface area (Å²) in [6.45, 7) is 0.555. The first kappa shape index (κ1) is 15.0. The highest BCUT2D eigenvalue weighted by Crippen LogP contribution is 2.20. The zero-order valence-corrected chi connectivity index (χ0v) is 13.5. The summed E-state index contributed by atoms with van der Waals surface area (Å²) in [5, 5.41) is 9.43. The lowest BCUT2D eigenvalue weighted by atomic mass is 10.1. The van der Waals surface area contributed by atoms with E-state index in [9.17, 15) is 4.79 Å². The summed E-state index contributed by atoms with van der Waals surface area (Å²) in [5.41, 5.74) is 3.32. The lowest BCUT2D eigenvalue weighted by Crippen LogP contribution is -2.06. The molecule has 0 aliphatic heterocycles. The van der Waals surface area contributed by atoms with Crippen molar-refractivity contribution in [3.05, 3.63) is 70.1 Å². The maximum Gasteiger partial charge on any atom is 0.217 e. The first-order valence-corrected chi connectivity index (χ1v) is 7.73. The predicted octanol–water partition coefficient (Wildman–Crippen LogP) is 2.81. The van der Waals surface area contributed by atoms with E-state index in [0.29, 0.717) is 34.4 Å². The van der Waals surface area contributed by atoms with Crippen molar-refractivity contribution in [1.82, 2.24) is 14.5 Å². The number of ether oxygens (including phenoxy) is 1. The van der Waals surface area contributed by atoms with Gasteiger partial charge in [-0.1, -0.05) is 12.1 Å². The molecule has 0 fully saturated rings. The smallest absolute Gasteiger partial charge is 0.217 e. The zero-order chi connectivity index (χ0) is 17.4. The van der Waals surface area contributed by atoms with Gasteiger partial charge in [0.05, 0.1) is 42.5 Å². The van der Waals surface area contributed by atoms with Crippen LogP contribution in [0.1, 0.15) is 11.1 Å². The Morgan fingerprint density at radius 3 is 2.76 bits per heavy atom. The van der Waals surface area contributed by atoms with Crippen LogP contribution in [0.5, 0.6) is 5.75 Å². The van der Waals surface area contributed by atoms with Crippen molar-refractivity contribution in [3.8, 4) is 11.8 Å². The Morgan fingerprint density at radius 1 is 1.24 bits per heavy atom. The number of pyridine rings is 1. The van der Waals surface area contributed by atoms with Crippen LogP contribution in [0.2, 0.25) is 0 Å². The maximum absolute atomic E-state index is 12.7. The highest BCUT2D eigenvalue weighted by Gasteiger charge is 2.12. The minimum Gasteiger partial charge on any atom is -0.497 e. The van der Waals surface area contributed by atoms with Crippen molar-refractivity contribution in [3.63, 3.8) is 0 Å². The van der Waals surface area contributed by atoms with Gasteiger partial charge in [-0.05, 0) is 35.9 Å². The number of fused-ring (bicyclic) bond motifs is 2. The molecule has 2 heterocycles. The lowest BCUT2D eigenvalue weighted by molar-refractivity contribution is 0.415. The van der Waals surface area contributed by atoms with Crippen molar-refractivity contribution in [2.45, 2.75) is 6.54 Å². The van der Waals surface area contributed by atoms with Gasteiger partial charge in [-0.25, -0.2) is 4.98 Å². The Labute approximate surface area is 142 Å². The van der Waals surface area contributed by atoms with Gasteiger partial charge < -0.3 is 14.3 Å².